The van der Waals surface area contributed by atoms with Gasteiger partial charge in [0.25, 0.3) is 5.56 Å². The van der Waals surface area contributed by atoms with E-state index in [1.54, 1.807) is 15.6 Å². The molecular weight excluding hydrogens is 480 g/mol. The summed E-state index contributed by atoms with van der Waals surface area (Å²) in [6.07, 6.45) is 2.22. The summed E-state index contributed by atoms with van der Waals surface area (Å²) >= 11 is 0. The minimum absolute atomic E-state index is 0.392. The van der Waals surface area contributed by atoms with Gasteiger partial charge in [-0.15, -0.1) is 5.10 Å². The van der Waals surface area contributed by atoms with E-state index in [0.29, 0.717) is 36.5 Å². The van der Waals surface area contributed by atoms with Gasteiger partial charge in [0.1, 0.15) is 12.2 Å². The number of benzene rings is 3. The highest BCUT2D eigenvalue weighted by Crippen LogP contribution is 2.26. The number of aromatic amines is 1. The molecule has 38 heavy (non-hydrogen) atoms. The SMILES string of the molecule is Cc1nc2c(c(=O)[nH]c(=O)n2CCc2ccccc2)n1Cc1ccc(-c2ccccc2-n2cnnn2)cc1. The molecule has 0 saturated heterocycles. The lowest BCUT2D eigenvalue weighted by Crippen LogP contribution is -2.31. The summed E-state index contributed by atoms with van der Waals surface area (Å²) in [4.78, 5) is 32.7. The molecule has 188 valence electrons. The van der Waals surface area contributed by atoms with Crippen LogP contribution in [0.4, 0.5) is 0 Å². The van der Waals surface area contributed by atoms with E-state index in [9.17, 15) is 9.59 Å². The van der Waals surface area contributed by atoms with Crippen LogP contribution in [-0.4, -0.2) is 39.3 Å². The minimum atomic E-state index is -0.450. The largest absolute Gasteiger partial charge is 0.330 e. The van der Waals surface area contributed by atoms with Gasteiger partial charge in [-0.2, -0.15) is 4.68 Å². The van der Waals surface area contributed by atoms with E-state index in [1.165, 1.54) is 0 Å². The van der Waals surface area contributed by atoms with Crippen molar-refractivity contribution in [2.24, 2.45) is 0 Å². The maximum atomic E-state index is 12.9. The molecule has 0 atom stereocenters. The molecule has 0 radical (unpaired) electrons. The minimum Gasteiger partial charge on any atom is -0.318 e. The van der Waals surface area contributed by atoms with Crippen molar-refractivity contribution >= 4 is 11.2 Å². The smallest absolute Gasteiger partial charge is 0.318 e. The number of fused-ring (bicyclic) bond motifs is 1. The number of hydrogen-bond donors (Lipinski definition) is 1. The Bertz CT molecular complexity index is 1830. The summed E-state index contributed by atoms with van der Waals surface area (Å²) < 4.78 is 5.04. The maximum absolute atomic E-state index is 12.9. The zero-order valence-electron chi connectivity index (χ0n) is 20.7. The number of tetrazole rings is 1. The lowest BCUT2D eigenvalue weighted by Gasteiger charge is -2.11. The first-order chi connectivity index (χ1) is 18.6. The molecule has 0 bridgehead atoms. The van der Waals surface area contributed by atoms with Crippen molar-refractivity contribution in [2.75, 3.05) is 0 Å². The van der Waals surface area contributed by atoms with E-state index in [4.69, 9.17) is 0 Å². The van der Waals surface area contributed by atoms with Gasteiger partial charge in [0.05, 0.1) is 5.69 Å². The Labute approximate surface area is 216 Å². The quantitative estimate of drug-likeness (QED) is 0.357. The number of aromatic nitrogens is 8. The number of hydrogen-bond acceptors (Lipinski definition) is 6. The summed E-state index contributed by atoms with van der Waals surface area (Å²) in [5.74, 6) is 0.665. The van der Waals surface area contributed by atoms with Gasteiger partial charge in [-0.1, -0.05) is 72.8 Å². The molecule has 6 rings (SSSR count). The number of imidazole rings is 1. The molecule has 10 nitrogen and oxygen atoms in total. The number of H-pyrrole nitrogens is 1. The van der Waals surface area contributed by atoms with Crippen molar-refractivity contribution in [1.82, 2.24) is 39.3 Å². The Balaban J connectivity index is 1.32. The van der Waals surface area contributed by atoms with Crippen molar-refractivity contribution < 1.29 is 0 Å². The monoisotopic (exact) mass is 504 g/mol. The predicted molar refractivity (Wildman–Crippen MR) is 143 cm³/mol. The standard InChI is InChI=1S/C28H24N8O2/c1-19-30-26-25(27(37)31-28(38)34(26)16-15-20-7-3-2-4-8-20)35(19)17-21-11-13-22(14-12-21)23-9-5-6-10-24(23)36-18-29-32-33-36/h2-14,18H,15-17H2,1H3,(H,31,37,38). The fourth-order valence-electron chi connectivity index (χ4n) is 4.73. The Morgan fingerprint density at radius 1 is 0.842 bits per heavy atom. The zero-order chi connectivity index (χ0) is 26.1. The van der Waals surface area contributed by atoms with Gasteiger partial charge in [0.2, 0.25) is 0 Å². The second-order valence-corrected chi connectivity index (χ2v) is 9.03. The third-order valence-electron chi connectivity index (χ3n) is 6.65. The fraction of sp³-hybridized carbons (Fsp3) is 0.143. The molecule has 10 heteroatoms. The second kappa shape index (κ2) is 9.74. The first-order valence-electron chi connectivity index (χ1n) is 12.2. The maximum Gasteiger partial charge on any atom is 0.330 e. The number of rotatable bonds is 7. The second-order valence-electron chi connectivity index (χ2n) is 9.03. The highest BCUT2D eigenvalue weighted by Gasteiger charge is 2.17. The van der Waals surface area contributed by atoms with Gasteiger partial charge < -0.3 is 4.57 Å². The van der Waals surface area contributed by atoms with Crippen LogP contribution in [-0.2, 0) is 19.5 Å². The number of para-hydroxylation sites is 1. The zero-order valence-corrected chi connectivity index (χ0v) is 20.7. The number of nitrogens with one attached hydrogen (secondary N) is 1. The topological polar surface area (TPSA) is 116 Å². The Hall–Kier alpha value is -5.12. The molecule has 0 spiro atoms. The number of aryl methyl sites for hydroxylation is 3. The van der Waals surface area contributed by atoms with Gasteiger partial charge in [0, 0.05) is 18.7 Å². The highest BCUT2D eigenvalue weighted by molar-refractivity contribution is 5.73. The van der Waals surface area contributed by atoms with E-state index >= 15 is 0 Å². The van der Waals surface area contributed by atoms with Crippen molar-refractivity contribution in [3.05, 3.63) is 123 Å². The molecule has 6 aromatic rings. The van der Waals surface area contributed by atoms with E-state index in [-0.39, 0.29) is 0 Å². The first-order valence-corrected chi connectivity index (χ1v) is 12.2. The molecule has 1 N–H and O–H groups in total. The van der Waals surface area contributed by atoms with Crippen molar-refractivity contribution in [3.63, 3.8) is 0 Å². The third-order valence-corrected chi connectivity index (χ3v) is 6.65. The van der Waals surface area contributed by atoms with E-state index in [2.05, 4.69) is 25.5 Å². The Morgan fingerprint density at radius 3 is 2.37 bits per heavy atom. The Kier molecular flexibility index (Phi) is 5.97. The molecule has 0 saturated carbocycles. The van der Waals surface area contributed by atoms with Crippen LogP contribution in [0.25, 0.3) is 28.0 Å². The van der Waals surface area contributed by atoms with Gasteiger partial charge >= 0.3 is 5.69 Å². The third kappa shape index (κ3) is 4.32. The highest BCUT2D eigenvalue weighted by atomic mass is 16.2. The first kappa shape index (κ1) is 23.3. The molecule has 0 amide bonds. The summed E-state index contributed by atoms with van der Waals surface area (Å²) in [5, 5.41) is 11.5. The summed E-state index contributed by atoms with van der Waals surface area (Å²) in [6, 6.07) is 25.9. The van der Waals surface area contributed by atoms with Crippen molar-refractivity contribution in [3.8, 4) is 16.8 Å². The van der Waals surface area contributed by atoms with Crippen molar-refractivity contribution in [1.29, 1.82) is 0 Å². The van der Waals surface area contributed by atoms with Crippen LogP contribution in [0.2, 0.25) is 0 Å². The lowest BCUT2D eigenvalue weighted by atomic mass is 10.0. The van der Waals surface area contributed by atoms with Gasteiger partial charge in [-0.25, -0.2) is 9.78 Å². The average Bonchev–Trinajstić information content (AvgIpc) is 3.58. The normalized spacial score (nSPS) is 11.3. The lowest BCUT2D eigenvalue weighted by molar-refractivity contribution is 0.666. The molecule has 0 fully saturated rings. The molecule has 0 aliphatic carbocycles. The van der Waals surface area contributed by atoms with Crippen LogP contribution in [0, 0.1) is 6.92 Å². The van der Waals surface area contributed by atoms with Crippen LogP contribution >= 0.6 is 0 Å². The molecular formula is C28H24N8O2. The number of nitrogens with zero attached hydrogens (tertiary/aromatic N) is 7. The van der Waals surface area contributed by atoms with Crippen LogP contribution in [0.15, 0.2) is 94.8 Å². The molecule has 3 heterocycles. The molecule has 0 aliphatic rings. The van der Waals surface area contributed by atoms with Crippen molar-refractivity contribution in [2.45, 2.75) is 26.4 Å². The molecule has 3 aromatic carbocycles. The van der Waals surface area contributed by atoms with Gasteiger partial charge in [-0.3, -0.25) is 14.3 Å². The predicted octanol–water partition coefficient (Wildman–Crippen LogP) is 3.13. The Morgan fingerprint density at radius 2 is 1.61 bits per heavy atom. The van der Waals surface area contributed by atoms with Gasteiger partial charge in [-0.05, 0) is 46.5 Å². The molecule has 0 aliphatic heterocycles. The summed E-state index contributed by atoms with van der Waals surface area (Å²) in [7, 11) is 0. The molecule has 3 aromatic heterocycles. The fourth-order valence-corrected chi connectivity index (χ4v) is 4.73. The average molecular weight is 505 g/mol. The summed E-state index contributed by atoms with van der Waals surface area (Å²) in [5.41, 5.74) is 4.90. The van der Waals surface area contributed by atoms with E-state index in [1.807, 2.05) is 90.4 Å². The van der Waals surface area contributed by atoms with E-state index < -0.39 is 11.2 Å². The molecule has 0 unspecified atom stereocenters. The van der Waals surface area contributed by atoms with Crippen LogP contribution in [0.1, 0.15) is 17.0 Å². The van der Waals surface area contributed by atoms with Crippen LogP contribution < -0.4 is 11.2 Å². The van der Waals surface area contributed by atoms with Crippen LogP contribution in [0.5, 0.6) is 0 Å². The van der Waals surface area contributed by atoms with E-state index in [0.717, 1.165) is 27.9 Å². The van der Waals surface area contributed by atoms with Crippen LogP contribution in [0.3, 0.4) is 0 Å². The van der Waals surface area contributed by atoms with Gasteiger partial charge in [0.15, 0.2) is 11.2 Å². The summed E-state index contributed by atoms with van der Waals surface area (Å²) in [6.45, 7) is 2.71.